The number of ketones is 1. The summed E-state index contributed by atoms with van der Waals surface area (Å²) in [4.78, 5) is 15.8. The Morgan fingerprint density at radius 1 is 1.14 bits per heavy atom. The lowest BCUT2D eigenvalue weighted by molar-refractivity contribution is 0.104. The molecule has 5 heteroatoms. The number of aromatic nitrogens is 1. The lowest BCUT2D eigenvalue weighted by Crippen LogP contribution is -2.03. The zero-order valence-electron chi connectivity index (χ0n) is 11.2. The second kappa shape index (κ2) is 5.10. The number of benzene rings is 2. The van der Waals surface area contributed by atoms with Gasteiger partial charge in [-0.25, -0.2) is 0 Å². The molecule has 1 aromatic heterocycles. The maximum atomic E-state index is 12.7. The Hall–Kier alpha value is -1.97. The molecule has 1 heterocycles. The molecular weight excluding hydrogens is 307 g/mol. The molecule has 0 amide bonds. The van der Waals surface area contributed by atoms with Crippen molar-refractivity contribution in [1.29, 1.82) is 0 Å². The molecule has 21 heavy (non-hydrogen) atoms. The van der Waals surface area contributed by atoms with E-state index in [0.717, 1.165) is 11.1 Å². The van der Waals surface area contributed by atoms with Gasteiger partial charge in [0.2, 0.25) is 0 Å². The number of aryl methyl sites for hydroxylation is 1. The van der Waals surface area contributed by atoms with Crippen molar-refractivity contribution in [3.05, 3.63) is 63.3 Å². The van der Waals surface area contributed by atoms with Crippen LogP contribution in [0.25, 0.3) is 10.9 Å². The Morgan fingerprint density at radius 2 is 1.90 bits per heavy atom. The van der Waals surface area contributed by atoms with Crippen LogP contribution in [0, 0.1) is 6.92 Å². The fourth-order valence-electron chi connectivity index (χ4n) is 2.45. The summed E-state index contributed by atoms with van der Waals surface area (Å²) in [7, 11) is 0. The summed E-state index contributed by atoms with van der Waals surface area (Å²) in [6.07, 6.45) is 1.66. The molecule has 3 nitrogen and oxygen atoms in total. The third kappa shape index (κ3) is 2.39. The third-order valence-electron chi connectivity index (χ3n) is 3.44. The first-order chi connectivity index (χ1) is 9.97. The van der Waals surface area contributed by atoms with Crippen molar-refractivity contribution < 1.29 is 4.79 Å². The van der Waals surface area contributed by atoms with Gasteiger partial charge >= 0.3 is 0 Å². The standard InChI is InChI=1S/C16H12Cl2N2O/c1-8-4-10(19)2-3-11(8)16(21)12-7-20-14-6-9(17)5-13(18)15(12)14/h2-7,20H,19H2,1H3. The average Bonchev–Trinajstić information content (AvgIpc) is 2.81. The van der Waals surface area contributed by atoms with Crippen molar-refractivity contribution in [2.24, 2.45) is 0 Å². The van der Waals surface area contributed by atoms with Gasteiger partial charge in [-0.2, -0.15) is 0 Å². The van der Waals surface area contributed by atoms with Crippen LogP contribution < -0.4 is 5.73 Å². The zero-order valence-corrected chi connectivity index (χ0v) is 12.7. The molecule has 0 atom stereocenters. The number of hydrogen-bond acceptors (Lipinski definition) is 2. The van der Waals surface area contributed by atoms with Crippen LogP contribution in [0.15, 0.2) is 36.5 Å². The van der Waals surface area contributed by atoms with E-state index in [2.05, 4.69) is 4.98 Å². The first-order valence-electron chi connectivity index (χ1n) is 6.34. The Kier molecular flexibility index (Phi) is 3.40. The van der Waals surface area contributed by atoms with E-state index in [9.17, 15) is 4.79 Å². The van der Waals surface area contributed by atoms with E-state index in [-0.39, 0.29) is 5.78 Å². The number of aromatic amines is 1. The quantitative estimate of drug-likeness (QED) is 0.536. The number of nitrogens with one attached hydrogen (secondary N) is 1. The summed E-state index contributed by atoms with van der Waals surface area (Å²) in [5.41, 5.74) is 9.06. The van der Waals surface area contributed by atoms with Gasteiger partial charge in [0, 0.05) is 38.9 Å². The lowest BCUT2D eigenvalue weighted by atomic mass is 9.98. The van der Waals surface area contributed by atoms with Crippen LogP contribution >= 0.6 is 23.2 Å². The predicted molar refractivity (Wildman–Crippen MR) is 87.3 cm³/mol. The number of nitrogens with two attached hydrogens (primary N) is 1. The number of carbonyl (C=O) groups excluding carboxylic acids is 1. The molecule has 0 fully saturated rings. The maximum Gasteiger partial charge on any atom is 0.195 e. The summed E-state index contributed by atoms with van der Waals surface area (Å²) < 4.78 is 0. The molecule has 0 bridgehead atoms. The molecule has 2 aromatic carbocycles. The second-order valence-electron chi connectivity index (χ2n) is 4.92. The average molecular weight is 319 g/mol. The molecular formula is C16H12Cl2N2O. The van der Waals surface area contributed by atoms with E-state index in [1.54, 1.807) is 36.5 Å². The molecule has 0 unspecified atom stereocenters. The van der Waals surface area contributed by atoms with Gasteiger partial charge in [0.15, 0.2) is 5.78 Å². The number of fused-ring (bicyclic) bond motifs is 1. The second-order valence-corrected chi connectivity index (χ2v) is 5.76. The number of nitrogen functional groups attached to an aromatic ring is 1. The normalized spacial score (nSPS) is 11.0. The minimum absolute atomic E-state index is 0.0945. The number of anilines is 1. The van der Waals surface area contributed by atoms with Gasteiger partial charge < -0.3 is 10.7 Å². The SMILES string of the molecule is Cc1cc(N)ccc1C(=O)c1c[nH]c2cc(Cl)cc(Cl)c12. The van der Waals surface area contributed by atoms with Gasteiger partial charge in [-0.05, 0) is 42.8 Å². The van der Waals surface area contributed by atoms with Crippen LogP contribution in [0.1, 0.15) is 21.5 Å². The van der Waals surface area contributed by atoms with Crippen molar-refractivity contribution in [1.82, 2.24) is 4.98 Å². The van der Waals surface area contributed by atoms with Crippen LogP contribution in [-0.2, 0) is 0 Å². The smallest absolute Gasteiger partial charge is 0.195 e. The van der Waals surface area contributed by atoms with E-state index >= 15 is 0 Å². The molecule has 0 aliphatic carbocycles. The summed E-state index contributed by atoms with van der Waals surface area (Å²) in [5.74, 6) is -0.0945. The van der Waals surface area contributed by atoms with Crippen molar-refractivity contribution in [2.45, 2.75) is 6.92 Å². The van der Waals surface area contributed by atoms with E-state index < -0.39 is 0 Å². The zero-order chi connectivity index (χ0) is 15.1. The molecule has 0 saturated carbocycles. The third-order valence-corrected chi connectivity index (χ3v) is 3.95. The fourth-order valence-corrected chi connectivity index (χ4v) is 3.04. The van der Waals surface area contributed by atoms with Gasteiger partial charge in [-0.1, -0.05) is 23.2 Å². The molecule has 0 radical (unpaired) electrons. The summed E-state index contributed by atoms with van der Waals surface area (Å²) in [6, 6.07) is 8.60. The van der Waals surface area contributed by atoms with Crippen molar-refractivity contribution in [3.8, 4) is 0 Å². The molecule has 3 rings (SSSR count). The highest BCUT2D eigenvalue weighted by molar-refractivity contribution is 6.40. The first-order valence-corrected chi connectivity index (χ1v) is 7.10. The monoisotopic (exact) mass is 318 g/mol. The van der Waals surface area contributed by atoms with Crippen LogP contribution in [0.2, 0.25) is 10.0 Å². The number of rotatable bonds is 2. The molecule has 0 aliphatic rings. The molecule has 0 spiro atoms. The van der Waals surface area contributed by atoms with Crippen LogP contribution in [0.5, 0.6) is 0 Å². The predicted octanol–water partition coefficient (Wildman–Crippen LogP) is 4.60. The molecule has 0 saturated heterocycles. The van der Waals surface area contributed by atoms with Gasteiger partial charge in [0.05, 0.1) is 5.02 Å². The minimum atomic E-state index is -0.0945. The minimum Gasteiger partial charge on any atom is -0.399 e. The van der Waals surface area contributed by atoms with Crippen molar-refractivity contribution in [3.63, 3.8) is 0 Å². The number of halogens is 2. The summed E-state index contributed by atoms with van der Waals surface area (Å²) >= 11 is 12.2. The Labute approximate surface area is 131 Å². The van der Waals surface area contributed by atoms with Crippen LogP contribution in [-0.4, -0.2) is 10.8 Å². The largest absolute Gasteiger partial charge is 0.399 e. The highest BCUT2D eigenvalue weighted by Gasteiger charge is 2.18. The highest BCUT2D eigenvalue weighted by atomic mass is 35.5. The lowest BCUT2D eigenvalue weighted by Gasteiger charge is -2.06. The fraction of sp³-hybridized carbons (Fsp3) is 0.0625. The van der Waals surface area contributed by atoms with Gasteiger partial charge in [0.25, 0.3) is 0 Å². The summed E-state index contributed by atoms with van der Waals surface area (Å²) in [5, 5.41) is 1.66. The number of hydrogen-bond donors (Lipinski definition) is 2. The Morgan fingerprint density at radius 3 is 2.62 bits per heavy atom. The maximum absolute atomic E-state index is 12.7. The van der Waals surface area contributed by atoms with Crippen molar-refractivity contribution in [2.75, 3.05) is 5.73 Å². The molecule has 3 N–H and O–H groups in total. The van der Waals surface area contributed by atoms with Gasteiger partial charge in [-0.15, -0.1) is 0 Å². The molecule has 0 aliphatic heterocycles. The van der Waals surface area contributed by atoms with Crippen LogP contribution in [0.3, 0.4) is 0 Å². The molecule has 106 valence electrons. The van der Waals surface area contributed by atoms with E-state index in [0.29, 0.717) is 32.2 Å². The van der Waals surface area contributed by atoms with E-state index in [1.807, 2.05) is 6.92 Å². The van der Waals surface area contributed by atoms with Gasteiger partial charge in [0.1, 0.15) is 0 Å². The first kappa shape index (κ1) is 14.0. The van der Waals surface area contributed by atoms with Crippen molar-refractivity contribution >= 4 is 45.6 Å². The number of H-pyrrole nitrogens is 1. The van der Waals surface area contributed by atoms with Crippen LogP contribution in [0.4, 0.5) is 5.69 Å². The van der Waals surface area contributed by atoms with E-state index in [4.69, 9.17) is 28.9 Å². The van der Waals surface area contributed by atoms with E-state index in [1.165, 1.54) is 0 Å². The van der Waals surface area contributed by atoms with Gasteiger partial charge in [-0.3, -0.25) is 4.79 Å². The Balaban J connectivity index is 2.18. The topological polar surface area (TPSA) is 58.9 Å². The Bertz CT molecular complexity index is 868. The highest BCUT2D eigenvalue weighted by Crippen LogP contribution is 2.32. The molecule has 3 aromatic rings. The number of carbonyl (C=O) groups is 1. The summed E-state index contributed by atoms with van der Waals surface area (Å²) in [6.45, 7) is 1.86.